The molecule has 2 aromatic rings. The van der Waals surface area contributed by atoms with Crippen LogP contribution in [0.25, 0.3) is 0 Å². The van der Waals surface area contributed by atoms with E-state index in [4.69, 9.17) is 14.7 Å². The molecule has 7 heteroatoms. The Balaban J connectivity index is 1.42. The van der Waals surface area contributed by atoms with Gasteiger partial charge < -0.3 is 24.3 Å². The Hall–Kier alpha value is -2.54. The molecule has 28 heavy (non-hydrogen) atoms. The van der Waals surface area contributed by atoms with Crippen molar-refractivity contribution in [2.24, 2.45) is 0 Å². The number of ether oxygens (including phenoxy) is 1. The maximum Gasteiger partial charge on any atom is 0.134 e. The van der Waals surface area contributed by atoms with E-state index < -0.39 is 0 Å². The molecular formula is C21H30N6O. The zero-order chi connectivity index (χ0) is 19.5. The van der Waals surface area contributed by atoms with Crippen LogP contribution in [0.15, 0.2) is 30.3 Å². The van der Waals surface area contributed by atoms with E-state index in [9.17, 15) is 0 Å². The first kappa shape index (κ1) is 18.8. The standard InChI is InChI=1S/C21H30N6O/c1-17-22-20(26-10-8-24(2)9-11-26)16-21(23-17)27-14-12-25(13-15-27)18-4-6-19(28-3)7-5-18/h4-7,16H,8-15H2,1-3H3. The minimum absolute atomic E-state index is 0.851. The fraction of sp³-hybridized carbons (Fsp3) is 0.524. The number of hydrogen-bond acceptors (Lipinski definition) is 7. The smallest absolute Gasteiger partial charge is 0.134 e. The van der Waals surface area contributed by atoms with E-state index in [0.29, 0.717) is 0 Å². The first-order valence-electron chi connectivity index (χ1n) is 10.1. The summed E-state index contributed by atoms with van der Waals surface area (Å²) >= 11 is 0. The Kier molecular flexibility index (Phi) is 5.52. The van der Waals surface area contributed by atoms with E-state index in [-0.39, 0.29) is 0 Å². The molecule has 0 radical (unpaired) electrons. The number of likely N-dealkylation sites (N-methyl/N-ethyl adjacent to an activating group) is 1. The molecule has 0 amide bonds. The molecule has 2 aliphatic heterocycles. The van der Waals surface area contributed by atoms with Gasteiger partial charge in [-0.1, -0.05) is 0 Å². The third kappa shape index (κ3) is 4.14. The molecule has 3 heterocycles. The summed E-state index contributed by atoms with van der Waals surface area (Å²) in [6.07, 6.45) is 0. The van der Waals surface area contributed by atoms with Gasteiger partial charge in [-0.3, -0.25) is 0 Å². The molecular weight excluding hydrogens is 352 g/mol. The zero-order valence-electron chi connectivity index (χ0n) is 17.1. The predicted molar refractivity (Wildman–Crippen MR) is 114 cm³/mol. The highest BCUT2D eigenvalue weighted by Gasteiger charge is 2.21. The van der Waals surface area contributed by atoms with Crippen molar-refractivity contribution in [3.8, 4) is 5.75 Å². The van der Waals surface area contributed by atoms with E-state index in [1.54, 1.807) is 7.11 Å². The van der Waals surface area contributed by atoms with Crippen LogP contribution in [0, 0.1) is 6.92 Å². The highest BCUT2D eigenvalue weighted by molar-refractivity contribution is 5.54. The third-order valence-corrected chi connectivity index (χ3v) is 5.68. The van der Waals surface area contributed by atoms with Gasteiger partial charge in [-0.05, 0) is 38.2 Å². The molecule has 0 unspecified atom stereocenters. The van der Waals surface area contributed by atoms with Gasteiger partial charge in [-0.25, -0.2) is 9.97 Å². The lowest BCUT2D eigenvalue weighted by molar-refractivity contribution is 0.312. The summed E-state index contributed by atoms with van der Waals surface area (Å²) in [5, 5.41) is 0. The Morgan fingerprint density at radius 1 is 0.750 bits per heavy atom. The fourth-order valence-electron chi connectivity index (χ4n) is 3.88. The van der Waals surface area contributed by atoms with Crippen molar-refractivity contribution in [1.29, 1.82) is 0 Å². The van der Waals surface area contributed by atoms with Gasteiger partial charge in [0.2, 0.25) is 0 Å². The van der Waals surface area contributed by atoms with Crippen LogP contribution >= 0.6 is 0 Å². The molecule has 2 saturated heterocycles. The molecule has 0 atom stereocenters. The molecule has 4 rings (SSSR count). The minimum Gasteiger partial charge on any atom is -0.497 e. The van der Waals surface area contributed by atoms with Crippen molar-refractivity contribution in [2.75, 3.05) is 81.2 Å². The number of piperazine rings is 2. The summed E-state index contributed by atoms with van der Waals surface area (Å²) in [5.41, 5.74) is 1.25. The number of anilines is 3. The molecule has 0 spiro atoms. The normalized spacial score (nSPS) is 18.5. The summed E-state index contributed by atoms with van der Waals surface area (Å²) in [6, 6.07) is 10.5. The maximum atomic E-state index is 5.26. The summed E-state index contributed by atoms with van der Waals surface area (Å²) in [5.74, 6) is 3.86. The Bertz CT molecular complexity index is 780. The largest absolute Gasteiger partial charge is 0.497 e. The lowest BCUT2D eigenvalue weighted by Crippen LogP contribution is -2.47. The number of aryl methyl sites for hydroxylation is 1. The van der Waals surface area contributed by atoms with Crippen LogP contribution < -0.4 is 19.4 Å². The van der Waals surface area contributed by atoms with E-state index in [1.807, 2.05) is 19.1 Å². The minimum atomic E-state index is 0.851. The molecule has 2 fully saturated rings. The van der Waals surface area contributed by atoms with Gasteiger partial charge in [0.1, 0.15) is 23.2 Å². The number of aromatic nitrogens is 2. The van der Waals surface area contributed by atoms with Crippen molar-refractivity contribution < 1.29 is 4.74 Å². The number of hydrogen-bond donors (Lipinski definition) is 0. The number of methoxy groups -OCH3 is 1. The molecule has 1 aromatic heterocycles. The second kappa shape index (κ2) is 8.22. The van der Waals surface area contributed by atoms with Gasteiger partial charge in [0, 0.05) is 64.1 Å². The zero-order valence-corrected chi connectivity index (χ0v) is 17.1. The van der Waals surface area contributed by atoms with Gasteiger partial charge in [0.25, 0.3) is 0 Å². The van der Waals surface area contributed by atoms with Crippen LogP contribution in [-0.4, -0.2) is 81.4 Å². The molecule has 150 valence electrons. The first-order chi connectivity index (χ1) is 13.6. The number of nitrogens with zero attached hydrogens (tertiary/aromatic N) is 6. The SMILES string of the molecule is COc1ccc(N2CCN(c3cc(N4CCN(C)CC4)nc(C)n3)CC2)cc1. The molecule has 7 nitrogen and oxygen atoms in total. The van der Waals surface area contributed by atoms with Crippen LogP contribution in [0.4, 0.5) is 17.3 Å². The van der Waals surface area contributed by atoms with Crippen LogP contribution in [-0.2, 0) is 0 Å². The van der Waals surface area contributed by atoms with E-state index in [0.717, 1.165) is 75.6 Å². The summed E-state index contributed by atoms with van der Waals surface area (Å²) in [7, 11) is 3.88. The molecule has 2 aliphatic rings. The summed E-state index contributed by atoms with van der Waals surface area (Å²) in [4.78, 5) is 19.0. The highest BCUT2D eigenvalue weighted by Crippen LogP contribution is 2.24. The van der Waals surface area contributed by atoms with Gasteiger partial charge >= 0.3 is 0 Å². The number of rotatable bonds is 4. The lowest BCUT2D eigenvalue weighted by atomic mass is 10.2. The van der Waals surface area contributed by atoms with Crippen LogP contribution in [0.5, 0.6) is 5.75 Å². The van der Waals surface area contributed by atoms with Crippen molar-refractivity contribution in [2.45, 2.75) is 6.92 Å². The molecule has 0 bridgehead atoms. The van der Waals surface area contributed by atoms with Crippen molar-refractivity contribution >= 4 is 17.3 Å². The fourth-order valence-corrected chi connectivity index (χ4v) is 3.88. The van der Waals surface area contributed by atoms with Crippen molar-refractivity contribution in [1.82, 2.24) is 14.9 Å². The van der Waals surface area contributed by atoms with Crippen LogP contribution in [0.1, 0.15) is 5.82 Å². The van der Waals surface area contributed by atoms with Gasteiger partial charge in [-0.2, -0.15) is 0 Å². The number of benzene rings is 1. The van der Waals surface area contributed by atoms with Crippen molar-refractivity contribution in [3.05, 3.63) is 36.2 Å². The van der Waals surface area contributed by atoms with Crippen molar-refractivity contribution in [3.63, 3.8) is 0 Å². The average molecular weight is 383 g/mol. The van der Waals surface area contributed by atoms with E-state index in [2.05, 4.69) is 44.8 Å². The monoisotopic (exact) mass is 382 g/mol. The average Bonchev–Trinajstić information content (AvgIpc) is 2.74. The topological polar surface area (TPSA) is 48.0 Å². The van der Waals surface area contributed by atoms with Gasteiger partial charge in [0.15, 0.2) is 0 Å². The molecule has 1 aromatic carbocycles. The molecule has 0 saturated carbocycles. The van der Waals surface area contributed by atoms with Crippen LogP contribution in [0.3, 0.4) is 0 Å². The third-order valence-electron chi connectivity index (χ3n) is 5.68. The van der Waals surface area contributed by atoms with E-state index >= 15 is 0 Å². The molecule has 0 aliphatic carbocycles. The van der Waals surface area contributed by atoms with Gasteiger partial charge in [0.05, 0.1) is 7.11 Å². The summed E-state index contributed by atoms with van der Waals surface area (Å²) < 4.78 is 5.26. The Morgan fingerprint density at radius 3 is 1.79 bits per heavy atom. The summed E-state index contributed by atoms with van der Waals surface area (Å²) in [6.45, 7) is 10.1. The maximum absolute atomic E-state index is 5.26. The van der Waals surface area contributed by atoms with E-state index in [1.165, 1.54) is 5.69 Å². The highest BCUT2D eigenvalue weighted by atomic mass is 16.5. The van der Waals surface area contributed by atoms with Gasteiger partial charge in [-0.15, -0.1) is 0 Å². The lowest BCUT2D eigenvalue weighted by Gasteiger charge is -2.37. The second-order valence-corrected chi connectivity index (χ2v) is 7.59. The van der Waals surface area contributed by atoms with Crippen LogP contribution in [0.2, 0.25) is 0 Å². The Morgan fingerprint density at radius 2 is 1.25 bits per heavy atom. The second-order valence-electron chi connectivity index (χ2n) is 7.59. The molecule has 0 N–H and O–H groups in total. The first-order valence-corrected chi connectivity index (χ1v) is 10.1. The predicted octanol–water partition coefficient (Wildman–Crippen LogP) is 1.87. The quantitative estimate of drug-likeness (QED) is 0.800. The Labute approximate surface area is 167 Å².